The number of anilines is 1. The van der Waals surface area contributed by atoms with Gasteiger partial charge >= 0.3 is 0 Å². The van der Waals surface area contributed by atoms with Gasteiger partial charge in [-0.25, -0.2) is 4.98 Å². The maximum atomic E-state index is 5.40. The van der Waals surface area contributed by atoms with E-state index in [2.05, 4.69) is 15.1 Å². The molecular formula is C17H21N5O2. The smallest absolute Gasteiger partial charge is 0.254 e. The molecule has 0 bridgehead atoms. The lowest BCUT2D eigenvalue weighted by molar-refractivity contribution is 0.354. The molecule has 0 spiro atoms. The third-order valence-electron chi connectivity index (χ3n) is 3.96. The summed E-state index contributed by atoms with van der Waals surface area (Å²) in [5.74, 6) is 3.02. The van der Waals surface area contributed by atoms with E-state index in [9.17, 15) is 0 Å². The Morgan fingerprint density at radius 3 is 2.54 bits per heavy atom. The molecule has 0 unspecified atom stereocenters. The molecule has 2 aromatic heterocycles. The molecule has 3 rings (SSSR count). The Morgan fingerprint density at radius 2 is 1.88 bits per heavy atom. The number of hydrogen-bond donors (Lipinski definition) is 0. The minimum absolute atomic E-state index is 0.604. The summed E-state index contributed by atoms with van der Waals surface area (Å²) in [4.78, 5) is 10.8. The van der Waals surface area contributed by atoms with Gasteiger partial charge in [-0.05, 0) is 24.6 Å². The Kier molecular flexibility index (Phi) is 4.24. The van der Waals surface area contributed by atoms with Crippen molar-refractivity contribution in [2.24, 2.45) is 0 Å². The molecule has 0 amide bonds. The van der Waals surface area contributed by atoms with Gasteiger partial charge in [0.05, 0.1) is 14.2 Å². The van der Waals surface area contributed by atoms with Crippen LogP contribution in [0.3, 0.4) is 0 Å². The van der Waals surface area contributed by atoms with Gasteiger partial charge in [-0.2, -0.15) is 14.6 Å². The van der Waals surface area contributed by atoms with Crippen molar-refractivity contribution in [3.63, 3.8) is 0 Å². The molecule has 0 N–H and O–H groups in total. The lowest BCUT2D eigenvalue weighted by Crippen LogP contribution is -2.18. The average molecular weight is 327 g/mol. The van der Waals surface area contributed by atoms with Crippen LogP contribution in [0.15, 0.2) is 24.5 Å². The quantitative estimate of drug-likeness (QED) is 0.715. The van der Waals surface area contributed by atoms with E-state index in [1.165, 1.54) is 6.33 Å². The van der Waals surface area contributed by atoms with Crippen LogP contribution in [0.1, 0.15) is 16.8 Å². The Bertz CT molecular complexity index is 873. The van der Waals surface area contributed by atoms with Crippen LogP contribution in [0.5, 0.6) is 11.5 Å². The largest absolute Gasteiger partial charge is 0.493 e. The number of fused-ring (bicyclic) bond motifs is 1. The molecule has 0 atom stereocenters. The zero-order chi connectivity index (χ0) is 17.3. The maximum absolute atomic E-state index is 5.40. The molecule has 24 heavy (non-hydrogen) atoms. The van der Waals surface area contributed by atoms with E-state index in [0.717, 1.165) is 28.4 Å². The van der Waals surface area contributed by atoms with Gasteiger partial charge in [-0.3, -0.25) is 0 Å². The summed E-state index contributed by atoms with van der Waals surface area (Å²) in [5.41, 5.74) is 3.15. The minimum atomic E-state index is 0.604. The highest BCUT2D eigenvalue weighted by atomic mass is 16.5. The Morgan fingerprint density at radius 1 is 1.12 bits per heavy atom. The van der Waals surface area contributed by atoms with Crippen molar-refractivity contribution in [2.75, 3.05) is 33.2 Å². The molecule has 1 aromatic carbocycles. The number of aromatic nitrogens is 4. The molecule has 7 nitrogen and oxygen atoms in total. The van der Waals surface area contributed by atoms with Gasteiger partial charge in [0.15, 0.2) is 11.5 Å². The molecule has 0 aliphatic rings. The topological polar surface area (TPSA) is 64.8 Å². The van der Waals surface area contributed by atoms with E-state index in [4.69, 9.17) is 9.47 Å². The highest BCUT2D eigenvalue weighted by Crippen LogP contribution is 2.30. The molecule has 0 aliphatic heterocycles. The molecule has 7 heteroatoms. The SMILES string of the molecule is COc1ccc(Cc2c(C)nc3ncnn3c2N(C)C)cc1OC. The van der Waals surface area contributed by atoms with Crippen molar-refractivity contribution in [2.45, 2.75) is 13.3 Å². The minimum Gasteiger partial charge on any atom is -0.493 e. The summed E-state index contributed by atoms with van der Waals surface area (Å²) in [7, 11) is 7.26. The third-order valence-corrected chi connectivity index (χ3v) is 3.96. The number of hydrogen-bond acceptors (Lipinski definition) is 6. The van der Waals surface area contributed by atoms with Crippen molar-refractivity contribution < 1.29 is 9.47 Å². The van der Waals surface area contributed by atoms with E-state index < -0.39 is 0 Å². The first-order valence-corrected chi connectivity index (χ1v) is 7.62. The van der Waals surface area contributed by atoms with E-state index >= 15 is 0 Å². The summed E-state index contributed by atoms with van der Waals surface area (Å²) >= 11 is 0. The second-order valence-electron chi connectivity index (χ2n) is 5.73. The highest BCUT2D eigenvalue weighted by molar-refractivity contribution is 5.56. The van der Waals surface area contributed by atoms with Crippen LogP contribution in [0.2, 0.25) is 0 Å². The molecular weight excluding hydrogens is 306 g/mol. The van der Waals surface area contributed by atoms with E-state index in [-0.39, 0.29) is 0 Å². The van der Waals surface area contributed by atoms with Crippen molar-refractivity contribution in [1.29, 1.82) is 0 Å². The maximum Gasteiger partial charge on any atom is 0.254 e. The third kappa shape index (κ3) is 2.73. The van der Waals surface area contributed by atoms with Gasteiger partial charge in [-0.1, -0.05) is 6.07 Å². The number of benzene rings is 1. The molecule has 0 radical (unpaired) electrons. The van der Waals surface area contributed by atoms with Crippen LogP contribution in [0, 0.1) is 6.92 Å². The van der Waals surface area contributed by atoms with E-state index in [1.807, 2.05) is 44.1 Å². The van der Waals surface area contributed by atoms with Crippen molar-refractivity contribution in [3.05, 3.63) is 41.3 Å². The van der Waals surface area contributed by atoms with Crippen LogP contribution in [-0.4, -0.2) is 47.9 Å². The monoisotopic (exact) mass is 327 g/mol. The fourth-order valence-electron chi connectivity index (χ4n) is 2.83. The molecule has 0 saturated heterocycles. The summed E-state index contributed by atoms with van der Waals surface area (Å²) in [6.07, 6.45) is 2.23. The predicted molar refractivity (Wildman–Crippen MR) is 92.2 cm³/mol. The summed E-state index contributed by atoms with van der Waals surface area (Å²) in [6, 6.07) is 5.94. The number of rotatable bonds is 5. The average Bonchev–Trinajstić information content (AvgIpc) is 3.02. The number of methoxy groups -OCH3 is 2. The molecule has 0 fully saturated rings. The molecule has 3 aromatic rings. The Hall–Kier alpha value is -2.83. The van der Waals surface area contributed by atoms with Gasteiger partial charge in [-0.15, -0.1) is 0 Å². The summed E-state index contributed by atoms with van der Waals surface area (Å²) < 4.78 is 12.5. The van der Waals surface area contributed by atoms with Crippen LogP contribution >= 0.6 is 0 Å². The second kappa shape index (κ2) is 6.35. The number of nitrogens with zero attached hydrogens (tertiary/aromatic N) is 5. The van der Waals surface area contributed by atoms with Crippen molar-refractivity contribution >= 4 is 11.6 Å². The predicted octanol–water partition coefficient (Wildman–Crippen LogP) is 2.11. The molecule has 2 heterocycles. The first-order valence-electron chi connectivity index (χ1n) is 7.62. The first kappa shape index (κ1) is 16.0. The molecule has 126 valence electrons. The number of aryl methyl sites for hydroxylation is 1. The fourth-order valence-corrected chi connectivity index (χ4v) is 2.83. The van der Waals surface area contributed by atoms with Crippen molar-refractivity contribution in [3.8, 4) is 11.5 Å². The standard InChI is InChI=1S/C17H21N5O2/c1-11-13(8-12-6-7-14(23-4)15(9-12)24-5)16(21(2)3)22-17(20-11)18-10-19-22/h6-7,9-10H,8H2,1-5H3. The lowest BCUT2D eigenvalue weighted by atomic mass is 10.0. The normalized spacial score (nSPS) is 10.9. The first-order chi connectivity index (χ1) is 11.5. The Balaban J connectivity index is 2.10. The van der Waals surface area contributed by atoms with Gasteiger partial charge in [0, 0.05) is 31.8 Å². The van der Waals surface area contributed by atoms with E-state index in [1.54, 1.807) is 18.7 Å². The molecule has 0 aliphatic carbocycles. The van der Waals surface area contributed by atoms with Crippen LogP contribution in [-0.2, 0) is 6.42 Å². The lowest BCUT2D eigenvalue weighted by Gasteiger charge is -2.20. The van der Waals surface area contributed by atoms with Crippen LogP contribution < -0.4 is 14.4 Å². The van der Waals surface area contributed by atoms with Crippen LogP contribution in [0.25, 0.3) is 5.78 Å². The molecule has 0 saturated carbocycles. The Labute approximate surface area is 140 Å². The zero-order valence-electron chi connectivity index (χ0n) is 14.6. The summed E-state index contributed by atoms with van der Waals surface area (Å²) in [5, 5.41) is 4.30. The number of ether oxygens (including phenoxy) is 2. The van der Waals surface area contributed by atoms with Crippen LogP contribution in [0.4, 0.5) is 5.82 Å². The van der Waals surface area contributed by atoms with Gasteiger partial charge in [0.2, 0.25) is 0 Å². The second-order valence-corrected chi connectivity index (χ2v) is 5.73. The van der Waals surface area contributed by atoms with Crippen molar-refractivity contribution in [1.82, 2.24) is 19.6 Å². The summed E-state index contributed by atoms with van der Waals surface area (Å²) in [6.45, 7) is 2.00. The van der Waals surface area contributed by atoms with Gasteiger partial charge < -0.3 is 14.4 Å². The zero-order valence-corrected chi connectivity index (χ0v) is 14.6. The van der Waals surface area contributed by atoms with Gasteiger partial charge in [0.1, 0.15) is 12.1 Å². The van der Waals surface area contributed by atoms with Gasteiger partial charge in [0.25, 0.3) is 5.78 Å². The van der Waals surface area contributed by atoms with E-state index in [0.29, 0.717) is 17.9 Å². The fraction of sp³-hybridized carbons (Fsp3) is 0.353. The highest BCUT2D eigenvalue weighted by Gasteiger charge is 2.17.